The van der Waals surface area contributed by atoms with E-state index in [0.29, 0.717) is 11.3 Å². The summed E-state index contributed by atoms with van der Waals surface area (Å²) >= 11 is 1.61. The van der Waals surface area contributed by atoms with E-state index in [9.17, 15) is 4.79 Å². The van der Waals surface area contributed by atoms with E-state index >= 15 is 0 Å². The Morgan fingerprint density at radius 2 is 2.12 bits per heavy atom. The van der Waals surface area contributed by atoms with Gasteiger partial charge in [-0.1, -0.05) is 6.07 Å². The van der Waals surface area contributed by atoms with Crippen molar-refractivity contribution in [3.05, 3.63) is 65.9 Å². The zero-order chi connectivity index (χ0) is 18.1. The highest BCUT2D eigenvalue weighted by Gasteiger charge is 2.18. The summed E-state index contributed by atoms with van der Waals surface area (Å²) in [6.45, 7) is 4.21. The van der Waals surface area contributed by atoms with Gasteiger partial charge in [0.15, 0.2) is 0 Å². The fourth-order valence-electron chi connectivity index (χ4n) is 2.92. The second-order valence-electron chi connectivity index (χ2n) is 6.28. The minimum Gasteiger partial charge on any atom is -0.330 e. The molecule has 0 aliphatic rings. The summed E-state index contributed by atoms with van der Waals surface area (Å²) in [4.78, 5) is 22.9. The van der Waals surface area contributed by atoms with Gasteiger partial charge >= 0.3 is 0 Å². The quantitative estimate of drug-likeness (QED) is 0.556. The number of rotatable bonds is 4. The largest absolute Gasteiger partial charge is 0.330 e. The maximum Gasteiger partial charge on any atom is 0.256 e. The van der Waals surface area contributed by atoms with E-state index in [-0.39, 0.29) is 11.9 Å². The van der Waals surface area contributed by atoms with Crippen LogP contribution in [0.4, 0.5) is 5.69 Å². The standard InChI is InChI=1S/C20H18N4OS/c1-13(2)24-9-7-15-16(20(25)22-14-5-3-8-21-12-14)11-17(23-19(15)24)18-6-4-10-26-18/h3-13H,1-2H3,(H,22,25). The summed E-state index contributed by atoms with van der Waals surface area (Å²) in [7, 11) is 0. The Balaban J connectivity index is 1.85. The molecule has 130 valence electrons. The molecule has 0 aliphatic heterocycles. The molecular formula is C20H18N4OS. The minimum absolute atomic E-state index is 0.162. The molecule has 1 N–H and O–H groups in total. The van der Waals surface area contributed by atoms with E-state index in [1.54, 1.807) is 29.8 Å². The lowest BCUT2D eigenvalue weighted by Gasteiger charge is -2.12. The van der Waals surface area contributed by atoms with E-state index in [1.165, 1.54) is 0 Å². The molecule has 0 aliphatic carbocycles. The van der Waals surface area contributed by atoms with Gasteiger partial charge in [0, 0.05) is 23.8 Å². The number of carbonyl (C=O) groups excluding carboxylic acids is 1. The fraction of sp³-hybridized carbons (Fsp3) is 0.150. The Kier molecular flexibility index (Phi) is 4.26. The third-order valence-electron chi connectivity index (χ3n) is 4.18. The molecule has 5 nitrogen and oxygen atoms in total. The number of aromatic nitrogens is 3. The van der Waals surface area contributed by atoms with Crippen LogP contribution in [-0.4, -0.2) is 20.4 Å². The van der Waals surface area contributed by atoms with Gasteiger partial charge in [0.05, 0.1) is 28.0 Å². The Bertz CT molecular complexity index is 1050. The molecule has 0 saturated heterocycles. The van der Waals surface area contributed by atoms with Crippen molar-refractivity contribution in [3.63, 3.8) is 0 Å². The van der Waals surface area contributed by atoms with Gasteiger partial charge in [-0.2, -0.15) is 0 Å². The molecule has 0 unspecified atom stereocenters. The lowest BCUT2D eigenvalue weighted by molar-refractivity contribution is 0.102. The zero-order valence-electron chi connectivity index (χ0n) is 14.5. The van der Waals surface area contributed by atoms with E-state index < -0.39 is 0 Å². The van der Waals surface area contributed by atoms with Crippen molar-refractivity contribution in [1.82, 2.24) is 14.5 Å². The molecule has 4 rings (SSSR count). The third kappa shape index (κ3) is 2.99. The normalized spacial score (nSPS) is 11.2. The molecule has 0 spiro atoms. The number of carbonyl (C=O) groups is 1. The first-order valence-electron chi connectivity index (χ1n) is 8.40. The molecule has 1 amide bonds. The highest BCUT2D eigenvalue weighted by Crippen LogP contribution is 2.30. The van der Waals surface area contributed by atoms with Crippen LogP contribution < -0.4 is 5.32 Å². The van der Waals surface area contributed by atoms with Gasteiger partial charge in [0.2, 0.25) is 0 Å². The second-order valence-corrected chi connectivity index (χ2v) is 7.23. The summed E-state index contributed by atoms with van der Waals surface area (Å²) in [5.41, 5.74) is 2.91. The van der Waals surface area contributed by atoms with E-state index in [4.69, 9.17) is 4.98 Å². The Labute approximate surface area is 155 Å². The average molecular weight is 362 g/mol. The second kappa shape index (κ2) is 6.72. The van der Waals surface area contributed by atoms with Crippen LogP contribution in [0.5, 0.6) is 0 Å². The number of hydrogen-bond donors (Lipinski definition) is 1. The molecule has 0 radical (unpaired) electrons. The molecule has 0 atom stereocenters. The van der Waals surface area contributed by atoms with Crippen molar-refractivity contribution in [2.45, 2.75) is 19.9 Å². The Hall–Kier alpha value is -2.99. The smallest absolute Gasteiger partial charge is 0.256 e. The number of hydrogen-bond acceptors (Lipinski definition) is 4. The predicted molar refractivity (Wildman–Crippen MR) is 106 cm³/mol. The summed E-state index contributed by atoms with van der Waals surface area (Å²) in [6.07, 6.45) is 5.30. The maximum atomic E-state index is 13.0. The Morgan fingerprint density at radius 3 is 2.81 bits per heavy atom. The van der Waals surface area contributed by atoms with Crippen LogP contribution in [0.3, 0.4) is 0 Å². The van der Waals surface area contributed by atoms with Crippen molar-refractivity contribution in [2.24, 2.45) is 0 Å². The highest BCUT2D eigenvalue weighted by atomic mass is 32.1. The summed E-state index contributed by atoms with van der Waals surface area (Å²) in [6, 6.07) is 11.7. The molecule has 26 heavy (non-hydrogen) atoms. The van der Waals surface area contributed by atoms with Gasteiger partial charge in [-0.05, 0) is 49.6 Å². The lowest BCUT2D eigenvalue weighted by atomic mass is 10.1. The average Bonchev–Trinajstić information content (AvgIpc) is 3.31. The molecule has 4 aromatic heterocycles. The first kappa shape index (κ1) is 16.5. The first-order valence-corrected chi connectivity index (χ1v) is 9.28. The van der Waals surface area contributed by atoms with Gasteiger partial charge in [-0.25, -0.2) is 4.98 Å². The number of anilines is 1. The van der Waals surface area contributed by atoms with Crippen LogP contribution >= 0.6 is 11.3 Å². The summed E-state index contributed by atoms with van der Waals surface area (Å²) in [5, 5.41) is 5.79. The minimum atomic E-state index is -0.162. The SMILES string of the molecule is CC(C)n1ccc2c(C(=O)Nc3cccnc3)cc(-c3cccs3)nc21. The lowest BCUT2D eigenvalue weighted by Crippen LogP contribution is -2.13. The van der Waals surface area contributed by atoms with Crippen LogP contribution in [0.2, 0.25) is 0 Å². The van der Waals surface area contributed by atoms with Crippen molar-refractivity contribution < 1.29 is 4.79 Å². The van der Waals surface area contributed by atoms with Gasteiger partial charge in [-0.15, -0.1) is 11.3 Å². The molecule has 6 heteroatoms. The number of amides is 1. The highest BCUT2D eigenvalue weighted by molar-refractivity contribution is 7.13. The van der Waals surface area contributed by atoms with Crippen molar-refractivity contribution in [2.75, 3.05) is 5.32 Å². The van der Waals surface area contributed by atoms with E-state index in [0.717, 1.165) is 21.6 Å². The van der Waals surface area contributed by atoms with Gasteiger partial charge in [0.1, 0.15) is 5.65 Å². The van der Waals surface area contributed by atoms with Gasteiger partial charge < -0.3 is 9.88 Å². The number of nitrogens with zero attached hydrogens (tertiary/aromatic N) is 3. The summed E-state index contributed by atoms with van der Waals surface area (Å²) < 4.78 is 2.09. The molecule has 0 saturated carbocycles. The van der Waals surface area contributed by atoms with E-state index in [2.05, 4.69) is 28.7 Å². The third-order valence-corrected chi connectivity index (χ3v) is 5.07. The first-order chi connectivity index (χ1) is 12.6. The molecule has 4 aromatic rings. The topological polar surface area (TPSA) is 59.8 Å². The number of nitrogens with one attached hydrogen (secondary N) is 1. The number of fused-ring (bicyclic) bond motifs is 1. The van der Waals surface area contributed by atoms with Crippen LogP contribution in [0.25, 0.3) is 21.6 Å². The maximum absolute atomic E-state index is 13.0. The van der Waals surface area contributed by atoms with Crippen LogP contribution in [0.15, 0.2) is 60.4 Å². The summed E-state index contributed by atoms with van der Waals surface area (Å²) in [5.74, 6) is -0.162. The van der Waals surface area contributed by atoms with Gasteiger partial charge in [0.25, 0.3) is 5.91 Å². The monoisotopic (exact) mass is 362 g/mol. The fourth-order valence-corrected chi connectivity index (χ4v) is 3.60. The van der Waals surface area contributed by atoms with Crippen molar-refractivity contribution in [1.29, 1.82) is 0 Å². The zero-order valence-corrected chi connectivity index (χ0v) is 15.3. The van der Waals surface area contributed by atoms with Crippen molar-refractivity contribution >= 4 is 34.0 Å². The number of thiophene rings is 1. The van der Waals surface area contributed by atoms with Crippen LogP contribution in [0.1, 0.15) is 30.2 Å². The molecule has 0 fully saturated rings. The van der Waals surface area contributed by atoms with Crippen LogP contribution in [0, 0.1) is 0 Å². The van der Waals surface area contributed by atoms with Gasteiger partial charge in [-0.3, -0.25) is 9.78 Å². The van der Waals surface area contributed by atoms with Crippen LogP contribution in [-0.2, 0) is 0 Å². The van der Waals surface area contributed by atoms with E-state index in [1.807, 2.05) is 41.9 Å². The Morgan fingerprint density at radius 1 is 1.23 bits per heavy atom. The predicted octanol–water partition coefficient (Wildman–Crippen LogP) is 4.99. The van der Waals surface area contributed by atoms with Crippen molar-refractivity contribution in [3.8, 4) is 10.6 Å². The number of pyridine rings is 2. The molecule has 4 heterocycles. The molecular weight excluding hydrogens is 344 g/mol. The molecule has 0 bridgehead atoms. The molecule has 0 aromatic carbocycles.